The Morgan fingerprint density at radius 3 is 2.88 bits per heavy atom. The summed E-state index contributed by atoms with van der Waals surface area (Å²) in [5.41, 5.74) is 1.12. The lowest BCUT2D eigenvalue weighted by Crippen LogP contribution is -2.48. The van der Waals surface area contributed by atoms with Crippen LogP contribution in [0.1, 0.15) is 37.7 Å². The molecule has 2 rings (SSSR count). The molecule has 1 aromatic rings. The maximum absolute atomic E-state index is 10.2. The minimum atomic E-state index is -1.56. The summed E-state index contributed by atoms with van der Waals surface area (Å²) in [7, 11) is 0. The average Bonchev–Trinajstić information content (AvgIpc) is 2.60. The minimum absolute atomic E-state index is 0.161. The zero-order chi connectivity index (χ0) is 17.3. The summed E-state index contributed by atoms with van der Waals surface area (Å²) in [6, 6.07) is 9.90. The quantitative estimate of drug-likeness (QED) is 0.521. The van der Waals surface area contributed by atoms with Crippen molar-refractivity contribution in [2.24, 2.45) is 0 Å². The Morgan fingerprint density at radius 2 is 2.12 bits per heavy atom. The lowest BCUT2D eigenvalue weighted by atomic mass is 9.96. The molecule has 132 valence electrons. The molecule has 1 aromatic carbocycles. The van der Waals surface area contributed by atoms with Crippen LogP contribution in [0.4, 0.5) is 0 Å². The van der Waals surface area contributed by atoms with Gasteiger partial charge in [0.2, 0.25) is 0 Å². The van der Waals surface area contributed by atoms with Crippen molar-refractivity contribution < 1.29 is 24.8 Å². The van der Waals surface area contributed by atoms with Crippen molar-refractivity contribution in [3.05, 3.63) is 35.9 Å². The summed E-state index contributed by atoms with van der Waals surface area (Å²) in [6.07, 6.45) is 0.442. The van der Waals surface area contributed by atoms with E-state index in [0.717, 1.165) is 12.0 Å². The van der Waals surface area contributed by atoms with Gasteiger partial charge in [-0.05, 0) is 24.8 Å². The number of ether oxygens (including phenoxy) is 2. The molecule has 1 saturated heterocycles. The molecule has 0 radical (unpaired) electrons. The summed E-state index contributed by atoms with van der Waals surface area (Å²) in [6.45, 7) is 1.47. The lowest BCUT2D eigenvalue weighted by Gasteiger charge is -2.36. The SMILES string of the molecule is O[C@H](C#CCCOCc1ccccc1)CCC1(O)OCCC[C@@H]1O. The Labute approximate surface area is 143 Å². The number of hydrogen-bond donors (Lipinski definition) is 3. The molecule has 0 aliphatic carbocycles. The molecular formula is C19H26O5. The first-order valence-corrected chi connectivity index (χ1v) is 8.43. The van der Waals surface area contributed by atoms with Gasteiger partial charge in [0.25, 0.3) is 0 Å². The van der Waals surface area contributed by atoms with Crippen LogP contribution in [0.15, 0.2) is 30.3 Å². The van der Waals surface area contributed by atoms with Crippen LogP contribution >= 0.6 is 0 Å². The first-order valence-electron chi connectivity index (χ1n) is 8.43. The van der Waals surface area contributed by atoms with E-state index in [9.17, 15) is 15.3 Å². The van der Waals surface area contributed by atoms with E-state index in [1.807, 2.05) is 30.3 Å². The highest BCUT2D eigenvalue weighted by Crippen LogP contribution is 2.27. The van der Waals surface area contributed by atoms with Gasteiger partial charge in [0.1, 0.15) is 12.2 Å². The molecule has 1 fully saturated rings. The number of rotatable bonds is 7. The van der Waals surface area contributed by atoms with Crippen LogP contribution in [0.3, 0.4) is 0 Å². The number of hydrogen-bond acceptors (Lipinski definition) is 5. The van der Waals surface area contributed by atoms with Crippen molar-refractivity contribution in [2.75, 3.05) is 13.2 Å². The fourth-order valence-corrected chi connectivity index (χ4v) is 2.58. The molecule has 1 aliphatic rings. The Hall–Kier alpha value is -1.42. The van der Waals surface area contributed by atoms with Crippen LogP contribution in [0.2, 0.25) is 0 Å². The Morgan fingerprint density at radius 1 is 1.33 bits per heavy atom. The molecule has 1 unspecified atom stereocenters. The first-order chi connectivity index (χ1) is 11.6. The van der Waals surface area contributed by atoms with Crippen LogP contribution in [0, 0.1) is 11.8 Å². The summed E-state index contributed by atoms with van der Waals surface area (Å²) in [4.78, 5) is 0. The molecule has 24 heavy (non-hydrogen) atoms. The van der Waals surface area contributed by atoms with Crippen molar-refractivity contribution >= 4 is 0 Å². The summed E-state index contributed by atoms with van der Waals surface area (Å²) in [5.74, 6) is 4.05. The molecule has 0 spiro atoms. The maximum Gasteiger partial charge on any atom is 0.192 e. The van der Waals surface area contributed by atoms with Crippen LogP contribution in [0.5, 0.6) is 0 Å². The Balaban J connectivity index is 1.60. The van der Waals surface area contributed by atoms with Gasteiger partial charge in [0.15, 0.2) is 5.79 Å². The van der Waals surface area contributed by atoms with E-state index in [-0.39, 0.29) is 12.8 Å². The van der Waals surface area contributed by atoms with Gasteiger partial charge in [-0.15, -0.1) is 0 Å². The molecule has 3 N–H and O–H groups in total. The van der Waals surface area contributed by atoms with Crippen molar-refractivity contribution in [3.63, 3.8) is 0 Å². The van der Waals surface area contributed by atoms with Crippen LogP contribution in [0.25, 0.3) is 0 Å². The fourth-order valence-electron chi connectivity index (χ4n) is 2.58. The van der Waals surface area contributed by atoms with Crippen molar-refractivity contribution in [1.82, 2.24) is 0 Å². The zero-order valence-electron chi connectivity index (χ0n) is 13.9. The topological polar surface area (TPSA) is 79.2 Å². The highest BCUT2D eigenvalue weighted by Gasteiger charge is 2.39. The molecule has 5 nitrogen and oxygen atoms in total. The number of aliphatic hydroxyl groups excluding tert-OH is 2. The third kappa shape index (κ3) is 6.23. The fraction of sp³-hybridized carbons (Fsp3) is 0.579. The van der Waals surface area contributed by atoms with Crippen molar-refractivity contribution in [3.8, 4) is 11.8 Å². The molecule has 0 aromatic heterocycles. The van der Waals surface area contributed by atoms with Gasteiger partial charge in [0, 0.05) is 12.8 Å². The summed E-state index contributed by atoms with van der Waals surface area (Å²) >= 11 is 0. The van der Waals surface area contributed by atoms with Gasteiger partial charge in [-0.25, -0.2) is 0 Å². The van der Waals surface area contributed by atoms with E-state index < -0.39 is 18.0 Å². The predicted molar refractivity (Wildman–Crippen MR) is 89.9 cm³/mol. The second-order valence-electron chi connectivity index (χ2n) is 6.02. The number of benzene rings is 1. The van der Waals surface area contributed by atoms with Crippen LogP contribution < -0.4 is 0 Å². The van der Waals surface area contributed by atoms with Crippen LogP contribution in [-0.4, -0.2) is 46.5 Å². The zero-order valence-corrected chi connectivity index (χ0v) is 13.9. The van der Waals surface area contributed by atoms with Gasteiger partial charge in [0.05, 0.1) is 19.8 Å². The smallest absolute Gasteiger partial charge is 0.192 e. The first kappa shape index (κ1) is 18.9. The van der Waals surface area contributed by atoms with E-state index in [1.54, 1.807) is 0 Å². The predicted octanol–water partition coefficient (Wildman–Crippen LogP) is 1.60. The van der Waals surface area contributed by atoms with E-state index in [2.05, 4.69) is 11.8 Å². The van der Waals surface area contributed by atoms with E-state index in [1.165, 1.54) is 0 Å². The molecule has 5 heteroatoms. The maximum atomic E-state index is 10.2. The molecular weight excluding hydrogens is 308 g/mol. The minimum Gasteiger partial charge on any atom is -0.388 e. The Kier molecular flexibility index (Phi) is 7.70. The molecule has 1 heterocycles. The largest absolute Gasteiger partial charge is 0.388 e. The highest BCUT2D eigenvalue weighted by atomic mass is 16.6. The molecule has 1 aliphatic heterocycles. The van der Waals surface area contributed by atoms with Crippen LogP contribution in [-0.2, 0) is 16.1 Å². The average molecular weight is 334 g/mol. The molecule has 0 saturated carbocycles. The third-order valence-electron chi connectivity index (χ3n) is 4.02. The van der Waals surface area contributed by atoms with Gasteiger partial charge in [-0.2, -0.15) is 0 Å². The Bertz CT molecular complexity index is 536. The monoisotopic (exact) mass is 334 g/mol. The number of aliphatic hydroxyl groups is 3. The van der Waals surface area contributed by atoms with E-state index >= 15 is 0 Å². The molecule has 3 atom stereocenters. The van der Waals surface area contributed by atoms with E-state index in [4.69, 9.17) is 9.47 Å². The normalized spacial score (nSPS) is 24.9. The van der Waals surface area contributed by atoms with Gasteiger partial charge in [-0.1, -0.05) is 42.2 Å². The van der Waals surface area contributed by atoms with Gasteiger partial charge in [-0.3, -0.25) is 0 Å². The van der Waals surface area contributed by atoms with Crippen molar-refractivity contribution in [1.29, 1.82) is 0 Å². The summed E-state index contributed by atoms with van der Waals surface area (Å²) < 4.78 is 10.8. The highest BCUT2D eigenvalue weighted by molar-refractivity contribution is 5.13. The second kappa shape index (κ2) is 9.77. The second-order valence-corrected chi connectivity index (χ2v) is 6.02. The van der Waals surface area contributed by atoms with Crippen molar-refractivity contribution in [2.45, 2.75) is 56.7 Å². The molecule has 0 amide bonds. The van der Waals surface area contributed by atoms with Gasteiger partial charge < -0.3 is 24.8 Å². The molecule has 0 bridgehead atoms. The standard InChI is InChI=1S/C19H26O5/c20-17(11-12-19(22)18(21)10-6-14-24-19)9-4-5-13-23-15-16-7-2-1-3-8-16/h1-3,7-8,17-18,20-22H,5-6,10-15H2/t17-,18+,19?/m1/s1. The van der Waals surface area contributed by atoms with E-state index in [0.29, 0.717) is 32.7 Å². The third-order valence-corrected chi connectivity index (χ3v) is 4.02. The lowest BCUT2D eigenvalue weighted by molar-refractivity contribution is -0.280. The summed E-state index contributed by atoms with van der Waals surface area (Å²) in [5, 5.41) is 29.8. The van der Waals surface area contributed by atoms with Gasteiger partial charge >= 0.3 is 0 Å².